The van der Waals surface area contributed by atoms with Crippen molar-refractivity contribution in [3.8, 4) is 11.5 Å². The molecule has 0 spiro atoms. The highest BCUT2D eigenvalue weighted by Gasteiger charge is 2.29. The Hall–Kier alpha value is -3.38. The summed E-state index contributed by atoms with van der Waals surface area (Å²) in [6, 6.07) is 18.2. The fraction of sp³-hybridized carbons (Fsp3) is 0.346. The Bertz CT molecular complexity index is 1450. The summed E-state index contributed by atoms with van der Waals surface area (Å²) >= 11 is 0. The Morgan fingerprint density at radius 3 is 2.68 bits per heavy atom. The topological polar surface area (TPSA) is 128 Å². The van der Waals surface area contributed by atoms with Crippen LogP contribution in [0.4, 0.5) is 5.82 Å². The molecule has 2 aromatic carbocycles. The van der Waals surface area contributed by atoms with Gasteiger partial charge in [-0.2, -0.15) is 0 Å². The van der Waals surface area contributed by atoms with E-state index in [0.29, 0.717) is 62.3 Å². The standard InChI is InChI=1S/C26H29N5O5S/c1-26(18-34-15-16-35-26)12-14-28-37(32,33)21-8-9-22-20(17-21)7-10-23(29-22)27-13-11-24-30-31-25(36-24)19-5-3-2-4-6-19/h2-10,17,28H,11-16,18H2,1H3,(H,27,29). The van der Waals surface area contributed by atoms with E-state index in [1.54, 1.807) is 18.2 Å². The van der Waals surface area contributed by atoms with Crippen LogP contribution in [-0.4, -0.2) is 62.1 Å². The summed E-state index contributed by atoms with van der Waals surface area (Å²) in [4.78, 5) is 4.78. The van der Waals surface area contributed by atoms with Gasteiger partial charge in [0.15, 0.2) is 0 Å². The highest BCUT2D eigenvalue weighted by atomic mass is 32.2. The van der Waals surface area contributed by atoms with Gasteiger partial charge < -0.3 is 19.2 Å². The molecule has 11 heteroatoms. The van der Waals surface area contributed by atoms with Crippen molar-refractivity contribution in [1.82, 2.24) is 19.9 Å². The van der Waals surface area contributed by atoms with Gasteiger partial charge in [0.2, 0.25) is 21.8 Å². The molecule has 194 valence electrons. The summed E-state index contributed by atoms with van der Waals surface area (Å²) in [5.74, 6) is 1.70. The molecule has 0 bridgehead atoms. The van der Waals surface area contributed by atoms with Gasteiger partial charge in [-0.3, -0.25) is 0 Å². The van der Waals surface area contributed by atoms with Gasteiger partial charge >= 0.3 is 0 Å². The smallest absolute Gasteiger partial charge is 0.247 e. The number of aromatic nitrogens is 3. The Morgan fingerprint density at radius 2 is 1.86 bits per heavy atom. The predicted molar refractivity (Wildman–Crippen MR) is 139 cm³/mol. The minimum atomic E-state index is -3.67. The van der Waals surface area contributed by atoms with Crippen LogP contribution < -0.4 is 10.0 Å². The normalized spacial score (nSPS) is 18.2. The van der Waals surface area contributed by atoms with Crippen molar-refractivity contribution in [3.63, 3.8) is 0 Å². The van der Waals surface area contributed by atoms with Gasteiger partial charge in [-0.25, -0.2) is 18.1 Å². The molecule has 0 radical (unpaired) electrons. The van der Waals surface area contributed by atoms with Gasteiger partial charge in [-0.15, -0.1) is 10.2 Å². The number of rotatable bonds is 10. The number of nitrogens with one attached hydrogen (secondary N) is 2. The molecule has 3 heterocycles. The van der Waals surface area contributed by atoms with E-state index < -0.39 is 15.6 Å². The number of anilines is 1. The predicted octanol–water partition coefficient (Wildman–Crippen LogP) is 3.41. The maximum absolute atomic E-state index is 12.8. The Kier molecular flexibility index (Phi) is 7.47. The molecule has 0 saturated carbocycles. The lowest BCUT2D eigenvalue weighted by Crippen LogP contribution is -2.43. The fourth-order valence-corrected chi connectivity index (χ4v) is 5.14. The molecule has 2 N–H and O–H groups in total. The van der Waals surface area contributed by atoms with Crippen molar-refractivity contribution < 1.29 is 22.3 Å². The fourth-order valence-electron chi connectivity index (χ4n) is 4.07. The Labute approximate surface area is 215 Å². The molecule has 4 aromatic rings. The van der Waals surface area contributed by atoms with Crippen LogP contribution in [0.3, 0.4) is 0 Å². The molecule has 10 nitrogen and oxygen atoms in total. The average molecular weight is 524 g/mol. The summed E-state index contributed by atoms with van der Waals surface area (Å²) in [6.07, 6.45) is 1.06. The van der Waals surface area contributed by atoms with Gasteiger partial charge in [0.1, 0.15) is 5.82 Å². The number of hydrogen-bond donors (Lipinski definition) is 2. The molecule has 1 atom stereocenters. The number of hydrogen-bond acceptors (Lipinski definition) is 9. The van der Waals surface area contributed by atoms with Crippen LogP contribution in [0.25, 0.3) is 22.4 Å². The molecule has 1 aliphatic rings. The first kappa shape index (κ1) is 25.3. The summed E-state index contributed by atoms with van der Waals surface area (Å²) in [7, 11) is -3.67. The Balaban J connectivity index is 1.16. The van der Waals surface area contributed by atoms with E-state index in [0.717, 1.165) is 10.9 Å². The van der Waals surface area contributed by atoms with Crippen LogP contribution in [0.1, 0.15) is 19.2 Å². The van der Waals surface area contributed by atoms with Crippen molar-refractivity contribution >= 4 is 26.7 Å². The summed E-state index contributed by atoms with van der Waals surface area (Å²) < 4.78 is 45.2. The Morgan fingerprint density at radius 1 is 1.00 bits per heavy atom. The SMILES string of the molecule is CC1(CCNS(=O)(=O)c2ccc3nc(NCCc4nnc(-c5ccccc5)o4)ccc3c2)COCCO1. The average Bonchev–Trinajstić information content (AvgIpc) is 3.38. The van der Waals surface area contributed by atoms with Crippen molar-refractivity contribution in [2.24, 2.45) is 0 Å². The zero-order valence-corrected chi connectivity index (χ0v) is 21.3. The maximum Gasteiger partial charge on any atom is 0.247 e. The summed E-state index contributed by atoms with van der Waals surface area (Å²) in [6.45, 7) is 4.28. The van der Waals surface area contributed by atoms with Gasteiger partial charge in [0.25, 0.3) is 0 Å². The first-order valence-corrected chi connectivity index (χ1v) is 13.6. The number of ether oxygens (including phenoxy) is 2. The maximum atomic E-state index is 12.8. The number of pyridine rings is 1. The minimum absolute atomic E-state index is 0.194. The van der Waals surface area contributed by atoms with Crippen LogP contribution in [-0.2, 0) is 25.9 Å². The van der Waals surface area contributed by atoms with Crippen LogP contribution in [0, 0.1) is 0 Å². The molecular weight excluding hydrogens is 494 g/mol. The second kappa shape index (κ2) is 10.9. The molecule has 1 aliphatic heterocycles. The minimum Gasteiger partial charge on any atom is -0.421 e. The lowest BCUT2D eigenvalue weighted by atomic mass is 10.0. The van der Waals surface area contributed by atoms with Crippen molar-refractivity contribution in [2.45, 2.75) is 30.3 Å². The zero-order chi connectivity index (χ0) is 25.7. The van der Waals surface area contributed by atoms with E-state index in [2.05, 4.69) is 25.2 Å². The molecule has 37 heavy (non-hydrogen) atoms. The first-order chi connectivity index (χ1) is 17.9. The molecule has 1 fully saturated rings. The molecule has 5 rings (SSSR count). The van der Waals surface area contributed by atoms with E-state index in [1.807, 2.05) is 49.4 Å². The molecule has 1 saturated heterocycles. The highest BCUT2D eigenvalue weighted by molar-refractivity contribution is 7.89. The third-order valence-electron chi connectivity index (χ3n) is 6.14. The van der Waals surface area contributed by atoms with E-state index in [9.17, 15) is 8.42 Å². The van der Waals surface area contributed by atoms with Crippen LogP contribution in [0.15, 0.2) is 70.0 Å². The first-order valence-electron chi connectivity index (χ1n) is 12.1. The number of sulfonamides is 1. The third kappa shape index (κ3) is 6.31. The lowest BCUT2D eigenvalue weighted by Gasteiger charge is -2.33. The third-order valence-corrected chi connectivity index (χ3v) is 7.59. The molecule has 1 unspecified atom stereocenters. The van der Waals surface area contributed by atoms with Crippen LogP contribution >= 0.6 is 0 Å². The zero-order valence-electron chi connectivity index (χ0n) is 20.5. The van der Waals surface area contributed by atoms with Crippen LogP contribution in [0.5, 0.6) is 0 Å². The number of benzene rings is 2. The largest absolute Gasteiger partial charge is 0.421 e. The molecule has 2 aromatic heterocycles. The molecule has 0 amide bonds. The second-order valence-corrected chi connectivity index (χ2v) is 10.9. The number of nitrogens with zero attached hydrogens (tertiary/aromatic N) is 3. The summed E-state index contributed by atoms with van der Waals surface area (Å²) in [5.41, 5.74) is 1.09. The van der Waals surface area contributed by atoms with Crippen molar-refractivity contribution in [1.29, 1.82) is 0 Å². The van der Waals surface area contributed by atoms with Crippen molar-refractivity contribution in [3.05, 3.63) is 66.6 Å². The van der Waals surface area contributed by atoms with Crippen molar-refractivity contribution in [2.75, 3.05) is 38.2 Å². The van der Waals surface area contributed by atoms with Gasteiger partial charge in [0, 0.05) is 30.5 Å². The van der Waals surface area contributed by atoms with E-state index in [4.69, 9.17) is 13.9 Å². The van der Waals surface area contributed by atoms with E-state index in [1.165, 1.54) is 0 Å². The van der Waals surface area contributed by atoms with E-state index >= 15 is 0 Å². The van der Waals surface area contributed by atoms with Gasteiger partial charge in [-0.05, 0) is 55.8 Å². The van der Waals surface area contributed by atoms with Crippen LogP contribution in [0.2, 0.25) is 0 Å². The van der Waals surface area contributed by atoms with Gasteiger partial charge in [0.05, 0.1) is 35.8 Å². The molecule has 0 aliphatic carbocycles. The molecular formula is C26H29N5O5S. The van der Waals surface area contributed by atoms with E-state index in [-0.39, 0.29) is 11.4 Å². The number of fused-ring (bicyclic) bond motifs is 1. The lowest BCUT2D eigenvalue weighted by molar-refractivity contribution is -0.149. The summed E-state index contributed by atoms with van der Waals surface area (Å²) in [5, 5.41) is 12.2. The quantitative estimate of drug-likeness (QED) is 0.321. The monoisotopic (exact) mass is 523 g/mol. The highest BCUT2D eigenvalue weighted by Crippen LogP contribution is 2.22. The second-order valence-electron chi connectivity index (χ2n) is 9.09. The van der Waals surface area contributed by atoms with Gasteiger partial charge in [-0.1, -0.05) is 18.2 Å².